The van der Waals surface area contributed by atoms with Crippen LogP contribution in [0.1, 0.15) is 24.0 Å². The smallest absolute Gasteiger partial charge is 0.134 e. The van der Waals surface area contributed by atoms with Gasteiger partial charge in [-0.2, -0.15) is 0 Å². The molecular formula is C18H17BrFNOS. The van der Waals surface area contributed by atoms with E-state index in [0.29, 0.717) is 6.61 Å². The number of thiocarbonyl (C=S) groups is 1. The van der Waals surface area contributed by atoms with Crippen molar-refractivity contribution in [3.8, 4) is 5.75 Å². The van der Waals surface area contributed by atoms with Crippen molar-refractivity contribution in [2.24, 2.45) is 0 Å². The van der Waals surface area contributed by atoms with E-state index in [1.54, 1.807) is 6.07 Å². The second-order valence-corrected chi connectivity index (χ2v) is 6.80. The molecule has 1 aliphatic heterocycles. The number of nitrogens with zero attached hydrogens (tertiary/aromatic N) is 1. The molecule has 0 saturated carbocycles. The standard InChI is InChI=1S/C18H17BrFNOS/c19-16-11-14(18(23)21-8-1-2-9-21)6-7-17(16)22-12-13-4-3-5-15(20)10-13/h3-7,10-11H,1-2,8-9,12H2. The molecule has 5 heteroatoms. The molecule has 2 nitrogen and oxygen atoms in total. The number of likely N-dealkylation sites (tertiary alicyclic amines) is 1. The first-order valence-corrected chi connectivity index (χ1v) is 8.80. The van der Waals surface area contributed by atoms with Crippen molar-refractivity contribution < 1.29 is 9.13 Å². The predicted octanol–water partition coefficient (Wildman–Crippen LogP) is 4.94. The Morgan fingerprint density at radius 2 is 1.96 bits per heavy atom. The fourth-order valence-corrected chi connectivity index (χ4v) is 3.44. The molecule has 3 rings (SSSR count). The maximum absolute atomic E-state index is 13.2. The van der Waals surface area contributed by atoms with Gasteiger partial charge in [-0.05, 0) is 64.7 Å². The zero-order chi connectivity index (χ0) is 16.2. The van der Waals surface area contributed by atoms with E-state index in [0.717, 1.165) is 39.4 Å². The molecule has 23 heavy (non-hydrogen) atoms. The van der Waals surface area contributed by atoms with Crippen LogP contribution >= 0.6 is 28.1 Å². The summed E-state index contributed by atoms with van der Waals surface area (Å²) < 4.78 is 19.8. The fourth-order valence-electron chi connectivity index (χ4n) is 2.64. The van der Waals surface area contributed by atoms with E-state index in [1.807, 2.05) is 24.3 Å². The molecule has 1 aliphatic rings. The van der Waals surface area contributed by atoms with Crippen molar-refractivity contribution in [3.63, 3.8) is 0 Å². The summed E-state index contributed by atoms with van der Waals surface area (Å²) in [6.45, 7) is 2.40. The van der Waals surface area contributed by atoms with Gasteiger partial charge in [0.05, 0.1) is 4.47 Å². The SMILES string of the molecule is Fc1cccc(COc2ccc(C(=S)N3CCCC3)cc2Br)c1. The van der Waals surface area contributed by atoms with E-state index in [9.17, 15) is 4.39 Å². The lowest BCUT2D eigenvalue weighted by molar-refractivity contribution is 0.303. The van der Waals surface area contributed by atoms with Crippen molar-refractivity contribution in [2.75, 3.05) is 13.1 Å². The van der Waals surface area contributed by atoms with Gasteiger partial charge in [0.1, 0.15) is 23.2 Å². The third kappa shape index (κ3) is 4.09. The third-order valence-electron chi connectivity index (χ3n) is 3.86. The van der Waals surface area contributed by atoms with Gasteiger partial charge in [0.15, 0.2) is 0 Å². The quantitative estimate of drug-likeness (QED) is 0.682. The number of rotatable bonds is 4. The second kappa shape index (κ2) is 7.41. The molecule has 0 amide bonds. The zero-order valence-corrected chi connectivity index (χ0v) is 15.0. The molecule has 1 heterocycles. The van der Waals surface area contributed by atoms with Crippen LogP contribution in [-0.4, -0.2) is 23.0 Å². The monoisotopic (exact) mass is 393 g/mol. The molecular weight excluding hydrogens is 377 g/mol. The summed E-state index contributed by atoms with van der Waals surface area (Å²) in [5, 5.41) is 0. The maximum atomic E-state index is 13.2. The van der Waals surface area contributed by atoms with Crippen LogP contribution in [0.15, 0.2) is 46.9 Å². The summed E-state index contributed by atoms with van der Waals surface area (Å²) in [6.07, 6.45) is 2.41. The first-order chi connectivity index (χ1) is 11.1. The van der Waals surface area contributed by atoms with Gasteiger partial charge in [-0.15, -0.1) is 0 Å². The summed E-state index contributed by atoms with van der Waals surface area (Å²) in [5.41, 5.74) is 1.82. The Morgan fingerprint density at radius 3 is 2.65 bits per heavy atom. The lowest BCUT2D eigenvalue weighted by Gasteiger charge is -2.19. The van der Waals surface area contributed by atoms with Crippen LogP contribution in [0.4, 0.5) is 4.39 Å². The van der Waals surface area contributed by atoms with Crippen LogP contribution in [0.25, 0.3) is 0 Å². The minimum atomic E-state index is -0.253. The molecule has 0 spiro atoms. The molecule has 0 aromatic heterocycles. The molecule has 1 saturated heterocycles. The van der Waals surface area contributed by atoms with E-state index in [4.69, 9.17) is 17.0 Å². The van der Waals surface area contributed by atoms with Gasteiger partial charge < -0.3 is 9.64 Å². The molecule has 120 valence electrons. The Morgan fingerprint density at radius 1 is 1.17 bits per heavy atom. The molecule has 0 radical (unpaired) electrons. The van der Waals surface area contributed by atoms with E-state index < -0.39 is 0 Å². The summed E-state index contributed by atoms with van der Waals surface area (Å²) in [6, 6.07) is 12.3. The Balaban J connectivity index is 1.68. The number of halogens is 2. The van der Waals surface area contributed by atoms with Crippen molar-refractivity contribution in [3.05, 3.63) is 63.9 Å². The van der Waals surface area contributed by atoms with Crippen LogP contribution in [0.5, 0.6) is 5.75 Å². The van der Waals surface area contributed by atoms with Gasteiger partial charge >= 0.3 is 0 Å². The maximum Gasteiger partial charge on any atom is 0.134 e. The Kier molecular flexibility index (Phi) is 5.28. The van der Waals surface area contributed by atoms with E-state index in [-0.39, 0.29) is 5.82 Å². The minimum absolute atomic E-state index is 0.253. The number of hydrogen-bond acceptors (Lipinski definition) is 2. The largest absolute Gasteiger partial charge is 0.488 e. The first-order valence-electron chi connectivity index (χ1n) is 7.59. The summed E-state index contributed by atoms with van der Waals surface area (Å²) in [4.78, 5) is 3.13. The average Bonchev–Trinajstić information content (AvgIpc) is 3.07. The fraction of sp³-hybridized carbons (Fsp3) is 0.278. The number of hydrogen-bond donors (Lipinski definition) is 0. The summed E-state index contributed by atoms with van der Waals surface area (Å²) in [5.74, 6) is 0.471. The van der Waals surface area contributed by atoms with Crippen molar-refractivity contribution in [2.45, 2.75) is 19.4 Å². The second-order valence-electron chi connectivity index (χ2n) is 5.56. The van der Waals surface area contributed by atoms with Crippen molar-refractivity contribution in [1.29, 1.82) is 0 Å². The molecule has 0 atom stereocenters. The first kappa shape index (κ1) is 16.4. The normalized spacial score (nSPS) is 14.1. The van der Waals surface area contributed by atoms with Crippen LogP contribution in [-0.2, 0) is 6.61 Å². The summed E-state index contributed by atoms with van der Waals surface area (Å²) >= 11 is 9.10. The zero-order valence-electron chi connectivity index (χ0n) is 12.6. The molecule has 1 fully saturated rings. The molecule has 2 aromatic carbocycles. The average molecular weight is 394 g/mol. The highest BCUT2D eigenvalue weighted by atomic mass is 79.9. The highest BCUT2D eigenvalue weighted by molar-refractivity contribution is 9.10. The van der Waals surface area contributed by atoms with Gasteiger partial charge in [0.2, 0.25) is 0 Å². The highest BCUT2D eigenvalue weighted by Gasteiger charge is 2.17. The Labute approximate surface area is 149 Å². The molecule has 0 unspecified atom stereocenters. The van der Waals surface area contributed by atoms with Gasteiger partial charge in [-0.25, -0.2) is 4.39 Å². The van der Waals surface area contributed by atoms with Gasteiger partial charge in [-0.3, -0.25) is 0 Å². The van der Waals surface area contributed by atoms with Crippen LogP contribution in [0, 0.1) is 5.82 Å². The van der Waals surface area contributed by atoms with Crippen molar-refractivity contribution in [1.82, 2.24) is 4.90 Å². The van der Waals surface area contributed by atoms with Crippen molar-refractivity contribution >= 4 is 33.1 Å². The molecule has 0 bridgehead atoms. The number of benzene rings is 2. The lowest BCUT2D eigenvalue weighted by Crippen LogP contribution is -2.26. The van der Waals surface area contributed by atoms with Crippen LogP contribution < -0.4 is 4.74 Å². The Hall–Kier alpha value is -1.46. The molecule has 2 aromatic rings. The number of ether oxygens (including phenoxy) is 1. The minimum Gasteiger partial charge on any atom is -0.488 e. The Bertz CT molecular complexity index is 716. The molecule has 0 aliphatic carbocycles. The highest BCUT2D eigenvalue weighted by Crippen LogP contribution is 2.28. The molecule has 0 N–H and O–H groups in total. The van der Waals surface area contributed by atoms with Crippen LogP contribution in [0.3, 0.4) is 0 Å². The predicted molar refractivity (Wildman–Crippen MR) is 97.4 cm³/mol. The van der Waals surface area contributed by atoms with Gasteiger partial charge in [-0.1, -0.05) is 24.4 Å². The van der Waals surface area contributed by atoms with Crippen LogP contribution in [0.2, 0.25) is 0 Å². The summed E-state index contributed by atoms with van der Waals surface area (Å²) in [7, 11) is 0. The van der Waals surface area contributed by atoms with Gasteiger partial charge in [0.25, 0.3) is 0 Å². The lowest BCUT2D eigenvalue weighted by atomic mass is 10.2. The van der Waals surface area contributed by atoms with E-state index in [2.05, 4.69) is 20.8 Å². The topological polar surface area (TPSA) is 12.5 Å². The third-order valence-corrected chi connectivity index (χ3v) is 4.97. The van der Waals surface area contributed by atoms with Gasteiger partial charge in [0, 0.05) is 18.7 Å². The van der Waals surface area contributed by atoms with E-state index in [1.165, 1.54) is 25.0 Å². The van der Waals surface area contributed by atoms with E-state index >= 15 is 0 Å².